The van der Waals surface area contributed by atoms with E-state index < -0.39 is 5.97 Å². The normalized spacial score (nSPS) is 10.4. The summed E-state index contributed by atoms with van der Waals surface area (Å²) in [5, 5.41) is 13.2. The van der Waals surface area contributed by atoms with Gasteiger partial charge in [0.1, 0.15) is 16.4 Å². The fourth-order valence-electron chi connectivity index (χ4n) is 1.44. The van der Waals surface area contributed by atoms with Gasteiger partial charge >= 0.3 is 5.97 Å². The summed E-state index contributed by atoms with van der Waals surface area (Å²) in [6, 6.07) is 5.03. The lowest BCUT2D eigenvalue weighted by molar-refractivity contribution is 0.0697. The molecule has 0 fully saturated rings. The van der Waals surface area contributed by atoms with Gasteiger partial charge in [-0.15, -0.1) is 0 Å². The van der Waals surface area contributed by atoms with E-state index in [9.17, 15) is 4.79 Å². The van der Waals surface area contributed by atoms with Crippen LogP contribution in [0.2, 0.25) is 5.15 Å². The van der Waals surface area contributed by atoms with Crippen LogP contribution in [0, 0.1) is 0 Å². The second-order valence-electron chi connectivity index (χ2n) is 3.18. The Hall–Kier alpha value is -1.88. The van der Waals surface area contributed by atoms with Gasteiger partial charge in [-0.3, -0.25) is 4.68 Å². The number of hydrogen-bond acceptors (Lipinski definition) is 3. The van der Waals surface area contributed by atoms with E-state index in [1.807, 2.05) is 0 Å². The molecule has 0 aliphatic carbocycles. The molecule has 0 aromatic carbocycles. The molecule has 0 aliphatic heterocycles. The monoisotopic (exact) mass is 237 g/mol. The van der Waals surface area contributed by atoms with Crippen molar-refractivity contribution in [2.75, 3.05) is 0 Å². The molecule has 5 nitrogen and oxygen atoms in total. The first-order valence-corrected chi connectivity index (χ1v) is 4.85. The average molecular weight is 238 g/mol. The quantitative estimate of drug-likeness (QED) is 0.810. The van der Waals surface area contributed by atoms with Gasteiger partial charge in [0, 0.05) is 7.05 Å². The molecular formula is C10H8ClN3O2. The molecule has 0 amide bonds. The summed E-state index contributed by atoms with van der Waals surface area (Å²) in [7, 11) is 1.66. The third kappa shape index (κ3) is 1.77. The van der Waals surface area contributed by atoms with Crippen LogP contribution >= 0.6 is 11.6 Å². The topological polar surface area (TPSA) is 68.0 Å². The first-order chi connectivity index (χ1) is 7.59. The average Bonchev–Trinajstić information content (AvgIpc) is 2.60. The van der Waals surface area contributed by atoms with Crippen LogP contribution in [0.1, 0.15) is 10.4 Å². The number of nitrogens with zero attached hydrogens (tertiary/aromatic N) is 3. The fraction of sp³-hybridized carbons (Fsp3) is 0.100. The Morgan fingerprint density at radius 3 is 2.88 bits per heavy atom. The van der Waals surface area contributed by atoms with Gasteiger partial charge < -0.3 is 5.11 Å². The minimum atomic E-state index is -1.04. The lowest BCUT2D eigenvalue weighted by atomic mass is 10.2. The highest BCUT2D eigenvalue weighted by Gasteiger charge is 2.17. The number of hydrogen-bond donors (Lipinski definition) is 1. The highest BCUT2D eigenvalue weighted by molar-refractivity contribution is 6.29. The Bertz CT molecular complexity index is 551. The Morgan fingerprint density at radius 2 is 2.25 bits per heavy atom. The minimum absolute atomic E-state index is 0.109. The zero-order valence-corrected chi connectivity index (χ0v) is 9.14. The van der Waals surface area contributed by atoms with E-state index in [1.165, 1.54) is 10.9 Å². The molecule has 2 rings (SSSR count). The molecule has 2 aromatic heterocycles. The number of halogens is 1. The number of aromatic nitrogens is 3. The molecule has 0 saturated heterocycles. The SMILES string of the molecule is Cn1ncc(C(=O)O)c1-c1cccc(Cl)n1. The number of rotatable bonds is 2. The van der Waals surface area contributed by atoms with Crippen LogP contribution in [-0.4, -0.2) is 25.8 Å². The van der Waals surface area contributed by atoms with Crippen molar-refractivity contribution in [3.63, 3.8) is 0 Å². The maximum Gasteiger partial charge on any atom is 0.339 e. The van der Waals surface area contributed by atoms with E-state index in [0.29, 0.717) is 16.5 Å². The predicted octanol–water partition coefficient (Wildman–Crippen LogP) is 1.83. The van der Waals surface area contributed by atoms with Crippen molar-refractivity contribution in [2.24, 2.45) is 7.05 Å². The molecule has 6 heteroatoms. The van der Waals surface area contributed by atoms with E-state index in [1.54, 1.807) is 25.2 Å². The van der Waals surface area contributed by atoms with Gasteiger partial charge in [-0.2, -0.15) is 5.10 Å². The van der Waals surface area contributed by atoms with E-state index in [-0.39, 0.29) is 5.56 Å². The van der Waals surface area contributed by atoms with E-state index in [4.69, 9.17) is 16.7 Å². The van der Waals surface area contributed by atoms with Crippen LogP contribution in [0.15, 0.2) is 24.4 Å². The van der Waals surface area contributed by atoms with Crippen LogP contribution in [0.25, 0.3) is 11.4 Å². The van der Waals surface area contributed by atoms with Crippen LogP contribution in [0.3, 0.4) is 0 Å². The first-order valence-electron chi connectivity index (χ1n) is 4.48. The molecule has 1 N–H and O–H groups in total. The molecule has 0 spiro atoms. The summed E-state index contributed by atoms with van der Waals surface area (Å²) in [6.45, 7) is 0. The van der Waals surface area contributed by atoms with E-state index >= 15 is 0 Å². The second kappa shape index (κ2) is 3.94. The van der Waals surface area contributed by atoms with Crippen molar-refractivity contribution >= 4 is 17.6 Å². The van der Waals surface area contributed by atoms with Crippen LogP contribution in [-0.2, 0) is 7.05 Å². The number of aryl methyl sites for hydroxylation is 1. The van der Waals surface area contributed by atoms with Crippen molar-refractivity contribution in [2.45, 2.75) is 0 Å². The number of carboxylic acids is 1. The Labute approximate surface area is 96.3 Å². The standard InChI is InChI=1S/C10H8ClN3O2/c1-14-9(6(5-12-14)10(15)16)7-3-2-4-8(11)13-7/h2-5H,1H3,(H,15,16). The highest BCUT2D eigenvalue weighted by atomic mass is 35.5. The largest absolute Gasteiger partial charge is 0.478 e. The summed E-state index contributed by atoms with van der Waals surface area (Å²) in [5.74, 6) is -1.04. The molecule has 2 heterocycles. The lowest BCUT2D eigenvalue weighted by Gasteiger charge is -2.03. The zero-order chi connectivity index (χ0) is 11.7. The summed E-state index contributed by atoms with van der Waals surface area (Å²) in [4.78, 5) is 15.0. The molecule has 0 radical (unpaired) electrons. The summed E-state index contributed by atoms with van der Waals surface area (Å²) in [6.07, 6.45) is 1.29. The van der Waals surface area contributed by atoms with E-state index in [2.05, 4.69) is 10.1 Å². The molecule has 0 unspecified atom stereocenters. The number of pyridine rings is 1. The van der Waals surface area contributed by atoms with E-state index in [0.717, 1.165) is 0 Å². The van der Waals surface area contributed by atoms with Crippen molar-refractivity contribution < 1.29 is 9.90 Å². The molecule has 16 heavy (non-hydrogen) atoms. The van der Waals surface area contributed by atoms with Crippen molar-refractivity contribution in [1.29, 1.82) is 0 Å². The molecule has 0 saturated carbocycles. The Kier molecular flexibility index (Phi) is 2.62. The zero-order valence-electron chi connectivity index (χ0n) is 8.38. The van der Waals surface area contributed by atoms with Crippen molar-refractivity contribution in [3.8, 4) is 11.4 Å². The second-order valence-corrected chi connectivity index (χ2v) is 3.57. The van der Waals surface area contributed by atoms with Gasteiger partial charge in [-0.05, 0) is 12.1 Å². The van der Waals surface area contributed by atoms with Gasteiger partial charge in [-0.25, -0.2) is 9.78 Å². The van der Waals surface area contributed by atoms with Gasteiger partial charge in [0.25, 0.3) is 0 Å². The maximum absolute atomic E-state index is 11.0. The van der Waals surface area contributed by atoms with Crippen molar-refractivity contribution in [3.05, 3.63) is 35.1 Å². The molecule has 2 aromatic rings. The minimum Gasteiger partial charge on any atom is -0.478 e. The third-order valence-electron chi connectivity index (χ3n) is 2.13. The predicted molar refractivity (Wildman–Crippen MR) is 58.4 cm³/mol. The summed E-state index contributed by atoms with van der Waals surface area (Å²) >= 11 is 5.76. The molecule has 82 valence electrons. The van der Waals surface area contributed by atoms with Gasteiger partial charge in [0.05, 0.1) is 11.9 Å². The van der Waals surface area contributed by atoms with Crippen LogP contribution in [0.5, 0.6) is 0 Å². The van der Waals surface area contributed by atoms with Crippen LogP contribution < -0.4 is 0 Å². The number of aromatic carboxylic acids is 1. The molecular weight excluding hydrogens is 230 g/mol. The summed E-state index contributed by atoms with van der Waals surface area (Å²) < 4.78 is 1.46. The molecule has 0 bridgehead atoms. The number of carboxylic acid groups (broad SMARTS) is 1. The van der Waals surface area contributed by atoms with Crippen LogP contribution in [0.4, 0.5) is 0 Å². The molecule has 0 atom stereocenters. The smallest absolute Gasteiger partial charge is 0.339 e. The maximum atomic E-state index is 11.0. The Morgan fingerprint density at radius 1 is 1.50 bits per heavy atom. The van der Waals surface area contributed by atoms with Gasteiger partial charge in [0.2, 0.25) is 0 Å². The van der Waals surface area contributed by atoms with Gasteiger partial charge in [0.15, 0.2) is 0 Å². The number of carbonyl (C=O) groups is 1. The van der Waals surface area contributed by atoms with Gasteiger partial charge in [-0.1, -0.05) is 17.7 Å². The third-order valence-corrected chi connectivity index (χ3v) is 2.34. The van der Waals surface area contributed by atoms with Crippen molar-refractivity contribution in [1.82, 2.24) is 14.8 Å². The summed E-state index contributed by atoms with van der Waals surface area (Å²) in [5.41, 5.74) is 1.04. The lowest BCUT2D eigenvalue weighted by Crippen LogP contribution is -2.01. The fourth-order valence-corrected chi connectivity index (χ4v) is 1.60. The highest BCUT2D eigenvalue weighted by Crippen LogP contribution is 2.22. The first kappa shape index (κ1) is 10.6. The molecule has 0 aliphatic rings. The Balaban J connectivity index is 2.63.